The van der Waals surface area contributed by atoms with Crippen molar-refractivity contribution in [2.75, 3.05) is 25.6 Å². The zero-order valence-electron chi connectivity index (χ0n) is 18.1. The van der Waals surface area contributed by atoms with Crippen molar-refractivity contribution in [2.24, 2.45) is 0 Å². The van der Waals surface area contributed by atoms with Crippen molar-refractivity contribution in [3.63, 3.8) is 0 Å². The van der Waals surface area contributed by atoms with Gasteiger partial charge < -0.3 is 14.8 Å². The summed E-state index contributed by atoms with van der Waals surface area (Å²) in [4.78, 5) is 26.8. The molecular weight excluding hydrogens is 444 g/mol. The highest BCUT2D eigenvalue weighted by Crippen LogP contribution is 2.34. The van der Waals surface area contributed by atoms with E-state index in [4.69, 9.17) is 21.7 Å². The van der Waals surface area contributed by atoms with E-state index in [2.05, 4.69) is 11.9 Å². The number of hydrogen-bond acceptors (Lipinski definition) is 6. The SMILES string of the molecule is C=CCN1C(=O)/C(=C/c2ccc(OCC(=O)Nc3cc(C)cc(C)c3)c(OC)c2)SC1=S. The minimum Gasteiger partial charge on any atom is -0.493 e. The summed E-state index contributed by atoms with van der Waals surface area (Å²) in [6, 6.07) is 11.1. The van der Waals surface area contributed by atoms with Crippen molar-refractivity contribution in [1.29, 1.82) is 0 Å². The van der Waals surface area contributed by atoms with Gasteiger partial charge in [-0.25, -0.2) is 0 Å². The van der Waals surface area contributed by atoms with Crippen molar-refractivity contribution in [3.8, 4) is 11.5 Å². The van der Waals surface area contributed by atoms with E-state index < -0.39 is 0 Å². The Morgan fingerprint density at radius 2 is 1.91 bits per heavy atom. The zero-order valence-corrected chi connectivity index (χ0v) is 19.8. The maximum absolute atomic E-state index is 12.5. The Bertz CT molecular complexity index is 1090. The minimum absolute atomic E-state index is 0.151. The highest BCUT2D eigenvalue weighted by Gasteiger charge is 2.31. The Kier molecular flexibility index (Phi) is 7.71. The van der Waals surface area contributed by atoms with Gasteiger partial charge in [-0.2, -0.15) is 0 Å². The van der Waals surface area contributed by atoms with Gasteiger partial charge in [-0.1, -0.05) is 42.2 Å². The van der Waals surface area contributed by atoms with Gasteiger partial charge in [-0.3, -0.25) is 14.5 Å². The molecule has 0 bridgehead atoms. The number of hydrogen-bond donors (Lipinski definition) is 1. The van der Waals surface area contributed by atoms with E-state index in [1.165, 1.54) is 23.8 Å². The number of benzene rings is 2. The average Bonchev–Trinajstić information content (AvgIpc) is 2.99. The second kappa shape index (κ2) is 10.5. The normalized spacial score (nSPS) is 14.6. The van der Waals surface area contributed by atoms with Gasteiger partial charge >= 0.3 is 0 Å². The average molecular weight is 469 g/mol. The van der Waals surface area contributed by atoms with Gasteiger partial charge in [0.25, 0.3) is 11.8 Å². The van der Waals surface area contributed by atoms with Crippen LogP contribution in [0.3, 0.4) is 0 Å². The van der Waals surface area contributed by atoms with Crippen LogP contribution >= 0.6 is 24.0 Å². The molecule has 0 atom stereocenters. The molecule has 2 aromatic carbocycles. The molecule has 166 valence electrons. The van der Waals surface area contributed by atoms with Crippen LogP contribution in [0.1, 0.15) is 16.7 Å². The zero-order chi connectivity index (χ0) is 23.3. The standard InChI is InChI=1S/C24H24N2O4S2/c1-5-8-26-23(28)21(32-24(26)31)13-17-6-7-19(20(12-17)29-4)30-14-22(27)25-18-10-15(2)9-16(3)11-18/h5-7,9-13H,1,8,14H2,2-4H3,(H,25,27)/b21-13-. The van der Waals surface area contributed by atoms with E-state index in [9.17, 15) is 9.59 Å². The van der Waals surface area contributed by atoms with E-state index in [1.54, 1.807) is 30.4 Å². The van der Waals surface area contributed by atoms with Gasteiger partial charge in [0.15, 0.2) is 18.1 Å². The van der Waals surface area contributed by atoms with Crippen LogP contribution in [0.4, 0.5) is 5.69 Å². The fraction of sp³-hybridized carbons (Fsp3) is 0.208. The smallest absolute Gasteiger partial charge is 0.266 e. The predicted molar refractivity (Wildman–Crippen MR) is 133 cm³/mol. The van der Waals surface area contributed by atoms with Gasteiger partial charge in [0, 0.05) is 12.2 Å². The molecular formula is C24H24N2O4S2. The molecule has 8 heteroatoms. The van der Waals surface area contributed by atoms with Crippen LogP contribution in [0.25, 0.3) is 6.08 Å². The van der Waals surface area contributed by atoms with Gasteiger partial charge in [0.1, 0.15) is 4.32 Å². The minimum atomic E-state index is -0.271. The molecule has 1 aliphatic heterocycles. The monoisotopic (exact) mass is 468 g/mol. The molecule has 1 aliphatic rings. The summed E-state index contributed by atoms with van der Waals surface area (Å²) in [6.07, 6.45) is 3.39. The Morgan fingerprint density at radius 1 is 1.19 bits per heavy atom. The summed E-state index contributed by atoms with van der Waals surface area (Å²) in [5.74, 6) is 0.466. The first-order valence-corrected chi connectivity index (χ1v) is 11.1. The number of carbonyl (C=O) groups is 2. The van der Waals surface area contributed by atoms with E-state index in [1.807, 2.05) is 32.0 Å². The summed E-state index contributed by atoms with van der Waals surface area (Å²) in [5.41, 5.74) is 3.62. The first kappa shape index (κ1) is 23.6. The number of amides is 2. The molecule has 1 N–H and O–H groups in total. The molecule has 1 heterocycles. The van der Waals surface area contributed by atoms with Crippen LogP contribution in [-0.2, 0) is 9.59 Å². The van der Waals surface area contributed by atoms with Crippen molar-refractivity contribution in [2.45, 2.75) is 13.8 Å². The summed E-state index contributed by atoms with van der Waals surface area (Å²) in [5, 5.41) is 2.84. The fourth-order valence-electron chi connectivity index (χ4n) is 3.22. The molecule has 1 fully saturated rings. The molecule has 1 saturated heterocycles. The van der Waals surface area contributed by atoms with E-state index >= 15 is 0 Å². The van der Waals surface area contributed by atoms with Crippen LogP contribution < -0.4 is 14.8 Å². The lowest BCUT2D eigenvalue weighted by molar-refractivity contribution is -0.121. The van der Waals surface area contributed by atoms with Gasteiger partial charge in [0.2, 0.25) is 0 Å². The molecule has 2 aromatic rings. The summed E-state index contributed by atoms with van der Waals surface area (Å²) < 4.78 is 11.6. The van der Waals surface area contributed by atoms with E-state index in [0.29, 0.717) is 27.3 Å². The molecule has 3 rings (SSSR count). The van der Waals surface area contributed by atoms with Crippen LogP contribution in [0.2, 0.25) is 0 Å². The number of nitrogens with one attached hydrogen (secondary N) is 1. The highest BCUT2D eigenvalue weighted by atomic mass is 32.2. The third-order valence-electron chi connectivity index (χ3n) is 4.53. The lowest BCUT2D eigenvalue weighted by Gasteiger charge is -2.12. The number of rotatable bonds is 8. The van der Waals surface area contributed by atoms with Crippen molar-refractivity contribution < 1.29 is 19.1 Å². The maximum atomic E-state index is 12.5. The molecule has 0 aromatic heterocycles. The van der Waals surface area contributed by atoms with E-state index in [0.717, 1.165) is 22.4 Å². The quantitative estimate of drug-likeness (QED) is 0.344. The second-order valence-electron chi connectivity index (χ2n) is 7.20. The predicted octanol–water partition coefficient (Wildman–Crippen LogP) is 4.72. The number of methoxy groups -OCH3 is 1. The number of thioether (sulfide) groups is 1. The van der Waals surface area contributed by atoms with Crippen LogP contribution in [0, 0.1) is 13.8 Å². The van der Waals surface area contributed by atoms with E-state index in [-0.39, 0.29) is 18.4 Å². The highest BCUT2D eigenvalue weighted by molar-refractivity contribution is 8.26. The number of aryl methyl sites for hydroxylation is 2. The lowest BCUT2D eigenvalue weighted by atomic mass is 10.1. The number of anilines is 1. The maximum Gasteiger partial charge on any atom is 0.266 e. The van der Waals surface area contributed by atoms with Crippen LogP contribution in [0.15, 0.2) is 54.0 Å². The topological polar surface area (TPSA) is 67.9 Å². The Hall–Kier alpha value is -3.10. The number of ether oxygens (including phenoxy) is 2. The first-order valence-electron chi connectivity index (χ1n) is 9.86. The molecule has 6 nitrogen and oxygen atoms in total. The third kappa shape index (κ3) is 5.77. The van der Waals surface area contributed by atoms with Gasteiger partial charge in [-0.05, 0) is 60.9 Å². The summed E-state index contributed by atoms with van der Waals surface area (Å²) in [6.45, 7) is 7.82. The number of nitrogens with zero attached hydrogens (tertiary/aromatic N) is 1. The van der Waals surface area contributed by atoms with Crippen LogP contribution in [-0.4, -0.2) is 41.3 Å². The molecule has 0 saturated carbocycles. The fourth-order valence-corrected chi connectivity index (χ4v) is 4.49. The van der Waals surface area contributed by atoms with Gasteiger partial charge in [0.05, 0.1) is 12.0 Å². The third-order valence-corrected chi connectivity index (χ3v) is 5.91. The number of carbonyl (C=O) groups excluding carboxylic acids is 2. The van der Waals surface area contributed by atoms with Crippen LogP contribution in [0.5, 0.6) is 11.5 Å². The first-order chi connectivity index (χ1) is 15.3. The Morgan fingerprint density at radius 3 is 2.56 bits per heavy atom. The number of thiocarbonyl (C=S) groups is 1. The van der Waals surface area contributed by atoms with Crippen molar-refractivity contribution in [1.82, 2.24) is 4.90 Å². The molecule has 0 aliphatic carbocycles. The second-order valence-corrected chi connectivity index (χ2v) is 8.88. The Labute approximate surface area is 197 Å². The van der Waals surface area contributed by atoms with Crippen molar-refractivity contribution in [3.05, 3.63) is 70.6 Å². The Balaban J connectivity index is 1.68. The summed E-state index contributed by atoms with van der Waals surface area (Å²) >= 11 is 6.51. The van der Waals surface area contributed by atoms with Crippen molar-refractivity contribution >= 4 is 51.9 Å². The molecule has 0 spiro atoms. The van der Waals surface area contributed by atoms with Gasteiger partial charge in [-0.15, -0.1) is 6.58 Å². The molecule has 0 unspecified atom stereocenters. The molecule has 2 amide bonds. The summed E-state index contributed by atoms with van der Waals surface area (Å²) in [7, 11) is 1.52. The molecule has 32 heavy (non-hydrogen) atoms. The lowest BCUT2D eigenvalue weighted by Crippen LogP contribution is -2.27. The molecule has 0 radical (unpaired) electrons. The largest absolute Gasteiger partial charge is 0.493 e.